The molecular weight excluding hydrogens is 568 g/mol. The maximum absolute atomic E-state index is 12.2. The molecule has 0 atom stereocenters. The lowest BCUT2D eigenvalue weighted by molar-refractivity contribution is -0.133. The summed E-state index contributed by atoms with van der Waals surface area (Å²) in [7, 11) is 0. The van der Waals surface area contributed by atoms with Crippen molar-refractivity contribution in [1.29, 1.82) is 0 Å². The molecule has 254 valence electrons. The second-order valence-electron chi connectivity index (χ2n) is 16.0. The third-order valence-corrected chi connectivity index (χ3v) is 11.3. The number of hydrogen-bond donors (Lipinski definition) is 2. The second kappa shape index (κ2) is 14.3. The minimum atomic E-state index is -0.934. The third-order valence-electron chi connectivity index (χ3n) is 11.3. The molecule has 4 heteroatoms. The smallest absolute Gasteiger partial charge is 0.331 e. The van der Waals surface area contributed by atoms with E-state index in [1.54, 1.807) is 13.8 Å². The van der Waals surface area contributed by atoms with E-state index in [9.17, 15) is 19.8 Å². The first-order valence-corrected chi connectivity index (χ1v) is 17.2. The molecule has 0 aliphatic rings. The Hall–Kier alpha value is -3.14. The average molecular weight is 631 g/mol. The fourth-order valence-corrected chi connectivity index (χ4v) is 5.80. The van der Waals surface area contributed by atoms with Gasteiger partial charge in [0.25, 0.3) is 0 Å². The molecule has 0 amide bonds. The number of benzene rings is 2. The molecule has 0 spiro atoms. The maximum Gasteiger partial charge on any atom is 0.331 e. The van der Waals surface area contributed by atoms with Crippen molar-refractivity contribution >= 4 is 24.1 Å². The van der Waals surface area contributed by atoms with E-state index in [4.69, 9.17) is 0 Å². The molecule has 2 aromatic carbocycles. The lowest BCUT2D eigenvalue weighted by atomic mass is 9.69. The Morgan fingerprint density at radius 3 is 1.11 bits per heavy atom. The summed E-state index contributed by atoms with van der Waals surface area (Å²) in [6.07, 6.45) is 7.42. The molecule has 2 aromatic rings. The normalized spacial score (nSPS) is 14.4. The lowest BCUT2D eigenvalue weighted by Crippen LogP contribution is -2.25. The Balaban J connectivity index is 3.37. The fraction of sp³-hybridized carbons (Fsp3) is 0.571. The molecule has 0 saturated heterocycles. The predicted octanol–water partition coefficient (Wildman–Crippen LogP) is 11.6. The number of carboxylic acid groups (broad SMARTS) is 2. The van der Waals surface area contributed by atoms with Gasteiger partial charge in [-0.2, -0.15) is 0 Å². The average Bonchev–Trinajstić information content (AvgIpc) is 2.99. The van der Waals surface area contributed by atoms with Gasteiger partial charge in [-0.15, -0.1) is 0 Å². The van der Waals surface area contributed by atoms with Crippen LogP contribution >= 0.6 is 0 Å². The monoisotopic (exact) mass is 630 g/mol. The predicted molar refractivity (Wildman–Crippen MR) is 196 cm³/mol. The highest BCUT2D eigenvalue weighted by molar-refractivity contribution is 5.93. The molecule has 0 radical (unpaired) electrons. The van der Waals surface area contributed by atoms with E-state index in [0.29, 0.717) is 11.1 Å². The van der Waals surface area contributed by atoms with Crippen molar-refractivity contribution in [3.63, 3.8) is 0 Å². The largest absolute Gasteiger partial charge is 0.478 e. The summed E-state index contributed by atoms with van der Waals surface area (Å²) in [5, 5.41) is 20.1. The highest BCUT2D eigenvalue weighted by atomic mass is 16.4. The minimum absolute atomic E-state index is 0.0961. The Morgan fingerprint density at radius 1 is 0.587 bits per heavy atom. The van der Waals surface area contributed by atoms with Gasteiger partial charge < -0.3 is 10.2 Å². The summed E-state index contributed by atoms with van der Waals surface area (Å²) in [6.45, 7) is 32.4. The van der Waals surface area contributed by atoms with Crippen molar-refractivity contribution in [1.82, 2.24) is 0 Å². The number of rotatable bonds is 14. The molecule has 46 heavy (non-hydrogen) atoms. The van der Waals surface area contributed by atoms with Crippen LogP contribution in [0.1, 0.15) is 180 Å². The minimum Gasteiger partial charge on any atom is -0.478 e. The highest BCUT2D eigenvalue weighted by Gasteiger charge is 2.33. The molecule has 0 aromatic heterocycles. The lowest BCUT2D eigenvalue weighted by Gasteiger charge is -2.35. The zero-order valence-electron chi connectivity index (χ0n) is 31.6. The highest BCUT2D eigenvalue weighted by Crippen LogP contribution is 2.45. The number of aliphatic carboxylic acids is 2. The van der Waals surface area contributed by atoms with Crippen LogP contribution in [0.4, 0.5) is 0 Å². The second-order valence-corrected chi connectivity index (χ2v) is 16.0. The SMILES string of the molecule is CCC(C)(C)c1cc(C(C)c2cc(C(C)(C)CC)cc(C(C)(C)CC)c2C=C(C)C(=O)O)c(C=C(C)C(=O)O)c(C(C)(C)CC)c1. The molecule has 4 nitrogen and oxygen atoms in total. The van der Waals surface area contributed by atoms with Crippen LogP contribution in [0.2, 0.25) is 0 Å². The summed E-state index contributed by atoms with van der Waals surface area (Å²) >= 11 is 0. The van der Waals surface area contributed by atoms with Crippen LogP contribution in [-0.2, 0) is 31.2 Å². The molecule has 0 unspecified atom stereocenters. The van der Waals surface area contributed by atoms with Crippen LogP contribution < -0.4 is 0 Å². The van der Waals surface area contributed by atoms with Crippen LogP contribution in [0.5, 0.6) is 0 Å². The first-order valence-electron chi connectivity index (χ1n) is 17.2. The zero-order chi connectivity index (χ0) is 35.6. The topological polar surface area (TPSA) is 74.6 Å². The Labute approximate surface area is 280 Å². The fourth-order valence-electron chi connectivity index (χ4n) is 5.80. The van der Waals surface area contributed by atoms with E-state index in [0.717, 1.165) is 59.1 Å². The van der Waals surface area contributed by atoms with Gasteiger partial charge in [-0.1, -0.05) is 114 Å². The van der Waals surface area contributed by atoms with Crippen LogP contribution in [0.3, 0.4) is 0 Å². The molecule has 0 heterocycles. The summed E-state index contributed by atoms with van der Waals surface area (Å²) in [5.74, 6) is -2.02. The molecule has 0 bridgehead atoms. The van der Waals surface area contributed by atoms with Crippen molar-refractivity contribution in [2.45, 2.75) is 157 Å². The summed E-state index contributed by atoms with van der Waals surface area (Å²) in [6, 6.07) is 9.21. The van der Waals surface area contributed by atoms with Gasteiger partial charge >= 0.3 is 11.9 Å². The summed E-state index contributed by atoms with van der Waals surface area (Å²) in [4.78, 5) is 24.5. The number of carboxylic acids is 2. The van der Waals surface area contributed by atoms with Gasteiger partial charge in [0.15, 0.2) is 0 Å². The first-order chi connectivity index (χ1) is 21.0. The summed E-state index contributed by atoms with van der Waals surface area (Å²) < 4.78 is 0. The van der Waals surface area contributed by atoms with E-state index in [1.165, 1.54) is 11.1 Å². The molecule has 0 aliphatic carbocycles. The Kier molecular flexibility index (Phi) is 12.2. The van der Waals surface area contributed by atoms with Gasteiger partial charge in [-0.05, 0) is 118 Å². The molecular formula is C42H62O4. The van der Waals surface area contributed by atoms with Gasteiger partial charge in [0.1, 0.15) is 0 Å². The van der Waals surface area contributed by atoms with Crippen molar-refractivity contribution in [3.8, 4) is 0 Å². The van der Waals surface area contributed by atoms with E-state index >= 15 is 0 Å². The van der Waals surface area contributed by atoms with Crippen molar-refractivity contribution in [2.24, 2.45) is 0 Å². The van der Waals surface area contributed by atoms with Gasteiger partial charge in [0.2, 0.25) is 0 Å². The van der Waals surface area contributed by atoms with Gasteiger partial charge in [0, 0.05) is 17.1 Å². The first kappa shape index (κ1) is 39.0. The Morgan fingerprint density at radius 2 is 0.870 bits per heavy atom. The standard InChI is InChI=1S/C42H62O4/c1-16-39(8,9)29-22-31(33(20-26(5)37(43)44)35(24-29)41(12,13)18-3)28(7)32-23-30(40(10,11)17-2)25-36(42(14,15)19-4)34(32)21-27(6)38(45)46/h20-25,28H,16-19H2,1-15H3,(H,43,44)(H,45,46). The van der Waals surface area contributed by atoms with Crippen molar-refractivity contribution in [2.75, 3.05) is 0 Å². The zero-order valence-corrected chi connectivity index (χ0v) is 31.6. The molecule has 0 aliphatic heterocycles. The van der Waals surface area contributed by atoms with E-state index in [2.05, 4.69) is 114 Å². The van der Waals surface area contributed by atoms with Gasteiger partial charge in [-0.3, -0.25) is 0 Å². The summed E-state index contributed by atoms with van der Waals surface area (Å²) in [5.41, 5.74) is 8.80. The van der Waals surface area contributed by atoms with Crippen molar-refractivity contribution in [3.05, 3.63) is 79.9 Å². The maximum atomic E-state index is 12.2. The number of carbonyl (C=O) groups is 2. The van der Waals surface area contributed by atoms with Crippen LogP contribution in [0, 0.1) is 0 Å². The molecule has 0 saturated carbocycles. The van der Waals surface area contributed by atoms with E-state index in [-0.39, 0.29) is 27.6 Å². The van der Waals surface area contributed by atoms with Gasteiger partial charge in [0.05, 0.1) is 0 Å². The van der Waals surface area contributed by atoms with Gasteiger partial charge in [-0.25, -0.2) is 9.59 Å². The molecule has 2 N–H and O–H groups in total. The molecule has 2 rings (SSSR count). The van der Waals surface area contributed by atoms with Crippen LogP contribution in [-0.4, -0.2) is 22.2 Å². The Bertz CT molecular complexity index is 1400. The van der Waals surface area contributed by atoms with Crippen molar-refractivity contribution < 1.29 is 19.8 Å². The number of hydrogen-bond acceptors (Lipinski definition) is 2. The van der Waals surface area contributed by atoms with E-state index in [1.807, 2.05) is 12.2 Å². The molecule has 0 fully saturated rings. The van der Waals surface area contributed by atoms with E-state index < -0.39 is 11.9 Å². The van der Waals surface area contributed by atoms with Crippen LogP contribution in [0.15, 0.2) is 35.4 Å². The third kappa shape index (κ3) is 8.22. The van der Waals surface area contributed by atoms with Crippen LogP contribution in [0.25, 0.3) is 12.2 Å². The quantitative estimate of drug-likeness (QED) is 0.204.